The van der Waals surface area contributed by atoms with E-state index in [4.69, 9.17) is 13.6 Å². The van der Waals surface area contributed by atoms with E-state index < -0.39 is 13.7 Å². The van der Waals surface area contributed by atoms with Gasteiger partial charge in [0, 0.05) is 0 Å². The molecule has 0 saturated heterocycles. The lowest BCUT2D eigenvalue weighted by atomic mass is 10.7. The number of ether oxygens (including phenoxy) is 1. The van der Waals surface area contributed by atoms with Gasteiger partial charge < -0.3 is 18.3 Å². The fourth-order valence-corrected chi connectivity index (χ4v) is 2.53. The van der Waals surface area contributed by atoms with Crippen molar-refractivity contribution < 1.29 is 23.1 Å². The molecule has 0 aliphatic carbocycles. The molecule has 0 unspecified atom stereocenters. The van der Waals surface area contributed by atoms with Gasteiger partial charge in [0.25, 0.3) is 0 Å². The maximum atomic E-state index is 11.1. The maximum Gasteiger partial charge on any atom is 0.378 e. The summed E-state index contributed by atoms with van der Waals surface area (Å²) < 4.78 is 20.8. The molecule has 7 nitrogen and oxygen atoms in total. The van der Waals surface area contributed by atoms with E-state index in [0.717, 1.165) is 6.21 Å². The summed E-state index contributed by atoms with van der Waals surface area (Å²) in [6.07, 6.45) is 0.968. The highest BCUT2D eigenvalue weighted by molar-refractivity contribution is 7.51. The molecule has 8 heteroatoms. The first-order valence-electron chi connectivity index (χ1n) is 5.89. The molecule has 0 rings (SSSR count). The number of nitrogens with zero attached hydrogens (tertiary/aromatic N) is 2. The smallest absolute Gasteiger partial charge is 0.378 e. The molecule has 0 aliphatic heterocycles. The molecule has 18 heavy (non-hydrogen) atoms. The van der Waals surface area contributed by atoms with Crippen LogP contribution >= 0.6 is 7.74 Å². The molecule has 0 spiro atoms. The molecule has 0 N–H and O–H groups in total. The van der Waals surface area contributed by atoms with Gasteiger partial charge in [-0.15, -0.1) is 5.10 Å². The Morgan fingerprint density at radius 3 is 1.89 bits per heavy atom. The fraction of sp³-hybridized carbons (Fsp3) is 0.800. The molecular formula is C10H21N2O5P. The molecule has 0 radical (unpaired) electrons. The molecule has 0 atom stereocenters. The first-order valence-corrected chi connectivity index (χ1v) is 7.38. The monoisotopic (exact) mass is 280 g/mol. The van der Waals surface area contributed by atoms with Crippen molar-refractivity contribution in [2.24, 2.45) is 9.96 Å². The van der Waals surface area contributed by atoms with Crippen LogP contribution in [0.3, 0.4) is 0 Å². The summed E-state index contributed by atoms with van der Waals surface area (Å²) in [6, 6.07) is 0. The topological polar surface area (TPSA) is 78.7 Å². The normalized spacial score (nSPS) is 11.8. The van der Waals surface area contributed by atoms with Crippen LogP contribution in [0, 0.1) is 0 Å². The predicted molar refractivity (Wildman–Crippen MR) is 69.4 cm³/mol. The lowest BCUT2D eigenvalue weighted by molar-refractivity contribution is -0.134. The second-order valence-electron chi connectivity index (χ2n) is 2.81. The van der Waals surface area contributed by atoms with E-state index in [-0.39, 0.29) is 6.61 Å². The maximum absolute atomic E-state index is 11.1. The largest absolute Gasteiger partial charge is 0.462 e. The van der Waals surface area contributed by atoms with Gasteiger partial charge in [-0.3, -0.25) is 0 Å². The van der Waals surface area contributed by atoms with Crippen molar-refractivity contribution in [1.29, 1.82) is 0 Å². The third-order valence-electron chi connectivity index (χ3n) is 1.49. The van der Waals surface area contributed by atoms with E-state index in [1.807, 2.05) is 0 Å². The molecule has 0 heterocycles. The molecule has 0 aromatic carbocycles. The van der Waals surface area contributed by atoms with E-state index in [2.05, 4.69) is 14.7 Å². The summed E-state index contributed by atoms with van der Waals surface area (Å²) in [5.41, 5.74) is 0. The number of hydrogen-bond acceptors (Lipinski definition) is 6. The van der Waals surface area contributed by atoms with Crippen molar-refractivity contribution in [1.82, 2.24) is 0 Å². The molecule has 0 aliphatic rings. The van der Waals surface area contributed by atoms with Crippen LogP contribution in [-0.2, 0) is 23.1 Å². The van der Waals surface area contributed by atoms with Crippen LogP contribution in [0.2, 0.25) is 0 Å². The van der Waals surface area contributed by atoms with Crippen molar-refractivity contribution in [3.8, 4) is 0 Å². The van der Waals surface area contributed by atoms with Crippen molar-refractivity contribution in [3.05, 3.63) is 0 Å². The molecule has 0 amide bonds. The van der Waals surface area contributed by atoms with Crippen LogP contribution in [0.4, 0.5) is 0 Å². The van der Waals surface area contributed by atoms with Gasteiger partial charge in [-0.05, 0) is 27.7 Å². The molecule has 106 valence electrons. The van der Waals surface area contributed by atoms with Crippen molar-refractivity contribution in [2.45, 2.75) is 27.7 Å². The van der Waals surface area contributed by atoms with Gasteiger partial charge in [0.2, 0.25) is 0 Å². The van der Waals surface area contributed by atoms with Crippen LogP contribution in [0.25, 0.3) is 0 Å². The first kappa shape index (κ1) is 17.2. The van der Waals surface area contributed by atoms with E-state index >= 15 is 0 Å². The molecule has 0 bridgehead atoms. The summed E-state index contributed by atoms with van der Waals surface area (Å²) in [5, 5.41) is 3.62. The highest BCUT2D eigenvalue weighted by atomic mass is 31.2. The lowest BCUT2D eigenvalue weighted by Crippen LogP contribution is -2.04. The number of esters is 1. The third kappa shape index (κ3) is 6.86. The van der Waals surface area contributed by atoms with Gasteiger partial charge in [-0.1, -0.05) is 4.85 Å². The van der Waals surface area contributed by atoms with Crippen molar-refractivity contribution in [2.75, 3.05) is 26.4 Å². The van der Waals surface area contributed by atoms with Gasteiger partial charge in [-0.2, -0.15) is 0 Å². The lowest BCUT2D eigenvalue weighted by Gasteiger charge is -2.19. The average molecular weight is 280 g/mol. The van der Waals surface area contributed by atoms with Crippen LogP contribution in [-0.4, -0.2) is 38.6 Å². The highest BCUT2D eigenvalue weighted by Crippen LogP contribution is 2.53. The van der Waals surface area contributed by atoms with Crippen LogP contribution in [0.1, 0.15) is 27.7 Å². The summed E-state index contributed by atoms with van der Waals surface area (Å²) in [5.74, 6) is -0.566. The van der Waals surface area contributed by atoms with Gasteiger partial charge >= 0.3 is 13.7 Å². The highest BCUT2D eigenvalue weighted by Gasteiger charge is 2.22. The van der Waals surface area contributed by atoms with Gasteiger partial charge in [0.15, 0.2) is 0 Å². The summed E-state index contributed by atoms with van der Waals surface area (Å²) in [6.45, 7) is 8.55. The zero-order valence-corrected chi connectivity index (χ0v) is 12.2. The van der Waals surface area contributed by atoms with Crippen LogP contribution in [0.15, 0.2) is 9.96 Å². The van der Waals surface area contributed by atoms with E-state index in [1.54, 1.807) is 27.7 Å². The SMILES string of the molecule is CCOC(=O)/C=N/N=P(OCC)(OCC)OCC. The molecule has 0 aromatic rings. The van der Waals surface area contributed by atoms with Crippen molar-refractivity contribution in [3.63, 3.8) is 0 Å². The second-order valence-corrected chi connectivity index (χ2v) is 4.70. The number of hydrogen-bond donors (Lipinski definition) is 0. The predicted octanol–water partition coefficient (Wildman–Crippen LogP) is 2.59. The van der Waals surface area contributed by atoms with Crippen LogP contribution < -0.4 is 0 Å². The second kappa shape index (κ2) is 10.2. The van der Waals surface area contributed by atoms with E-state index in [9.17, 15) is 4.79 Å². The van der Waals surface area contributed by atoms with Crippen molar-refractivity contribution >= 4 is 19.9 Å². The first-order chi connectivity index (χ1) is 8.64. The molecular weight excluding hydrogens is 259 g/mol. The Balaban J connectivity index is 4.85. The Bertz CT molecular complexity index is 296. The van der Waals surface area contributed by atoms with E-state index in [1.165, 1.54) is 0 Å². The Kier molecular flexibility index (Phi) is 9.77. The Labute approximate surface area is 108 Å². The average Bonchev–Trinajstić information content (AvgIpc) is 2.30. The minimum Gasteiger partial charge on any atom is -0.462 e. The minimum absolute atomic E-state index is 0.285. The van der Waals surface area contributed by atoms with Gasteiger partial charge in [-0.25, -0.2) is 4.79 Å². The molecule has 0 fully saturated rings. The summed E-state index contributed by atoms with van der Waals surface area (Å²) in [4.78, 5) is 14.9. The third-order valence-corrected chi connectivity index (χ3v) is 3.56. The molecule has 0 aromatic heterocycles. The summed E-state index contributed by atoms with van der Waals surface area (Å²) in [7, 11) is -2.85. The number of carbonyl (C=O) groups excluding carboxylic acids is 1. The number of rotatable bonds is 9. The van der Waals surface area contributed by atoms with Gasteiger partial charge in [0.1, 0.15) is 6.21 Å². The quantitative estimate of drug-likeness (QED) is 0.281. The Hall–Kier alpha value is -0.750. The van der Waals surface area contributed by atoms with Crippen LogP contribution in [0.5, 0.6) is 0 Å². The zero-order valence-electron chi connectivity index (χ0n) is 11.3. The fourth-order valence-electron chi connectivity index (χ4n) is 0.994. The molecule has 0 saturated carbocycles. The Morgan fingerprint density at radius 2 is 1.50 bits per heavy atom. The van der Waals surface area contributed by atoms with E-state index in [0.29, 0.717) is 19.8 Å². The summed E-state index contributed by atoms with van der Waals surface area (Å²) >= 11 is 0. The minimum atomic E-state index is -2.85. The van der Waals surface area contributed by atoms with Gasteiger partial charge in [0.05, 0.1) is 26.4 Å². The zero-order chi connectivity index (χ0) is 13.9. The standard InChI is InChI=1S/C10H21N2O5P/c1-5-14-10(13)9-11-12-18(15-6-2,16-7-3)17-8-4/h9H,5-8H2,1-4H3/b11-9+. The Morgan fingerprint density at radius 1 is 1.00 bits per heavy atom. The number of carbonyl (C=O) groups is 1.